The Labute approximate surface area is 56.3 Å². The fraction of sp³-hybridized carbons (Fsp3) is 0.333. The normalized spacial score (nSPS) is 9.50. The van der Waals surface area contributed by atoms with Crippen molar-refractivity contribution in [1.29, 1.82) is 5.41 Å². The van der Waals surface area contributed by atoms with Gasteiger partial charge < -0.3 is 21.7 Å². The third-order valence-corrected chi connectivity index (χ3v) is 0.728. The Balaban J connectivity index is 4.27. The maximum atomic E-state index is 10.2. The van der Waals surface area contributed by atoms with Gasteiger partial charge in [0.05, 0.1) is 0 Å². The first-order valence-electron chi connectivity index (χ1n) is 2.25. The molecule has 2 amide bonds. The number of hydrogen-bond acceptors (Lipinski definition) is 4. The van der Waals surface area contributed by atoms with Crippen LogP contribution < -0.4 is 11.5 Å². The van der Waals surface area contributed by atoms with Gasteiger partial charge in [-0.2, -0.15) is 0 Å². The van der Waals surface area contributed by atoms with E-state index in [0.717, 1.165) is 0 Å². The Kier molecular flexibility index (Phi) is 2.59. The van der Waals surface area contributed by atoms with Crippen LogP contribution in [0.15, 0.2) is 0 Å². The second kappa shape index (κ2) is 2.99. The molecule has 0 aliphatic heterocycles. The summed E-state index contributed by atoms with van der Waals surface area (Å²) in [6.07, 6.45) is -2.16. The number of hydrogen-bond donors (Lipinski definition) is 5. The first kappa shape index (κ1) is 8.66. The lowest BCUT2D eigenvalue weighted by atomic mass is 10.7. The van der Waals surface area contributed by atoms with E-state index in [1.807, 2.05) is 0 Å². The number of nitrogens with zero attached hydrogens (tertiary/aromatic N) is 1. The molecular formula is C3H8N4O3. The molecular weight excluding hydrogens is 140 g/mol. The Bertz CT molecular complexity index is 142. The fourth-order valence-electron chi connectivity index (χ4n) is 0.357. The largest absolute Gasteiger partial charge is 0.369 e. The second-order valence-corrected chi connectivity index (χ2v) is 1.44. The minimum atomic E-state index is -2.16. The van der Waals surface area contributed by atoms with E-state index in [9.17, 15) is 4.79 Å². The summed E-state index contributed by atoms with van der Waals surface area (Å²) in [6, 6.07) is -1.19. The van der Waals surface area contributed by atoms with E-state index in [-0.39, 0.29) is 4.90 Å². The Morgan fingerprint density at radius 3 is 1.90 bits per heavy atom. The lowest BCUT2D eigenvalue weighted by molar-refractivity contribution is -0.106. The van der Waals surface area contributed by atoms with E-state index >= 15 is 0 Å². The van der Waals surface area contributed by atoms with Gasteiger partial charge in [-0.25, -0.2) is 9.69 Å². The van der Waals surface area contributed by atoms with Crippen molar-refractivity contribution in [1.82, 2.24) is 4.90 Å². The average Bonchev–Trinajstić information content (AvgIpc) is 1.59. The van der Waals surface area contributed by atoms with Gasteiger partial charge in [-0.1, -0.05) is 0 Å². The number of aliphatic hydroxyl groups is 2. The number of rotatable bonds is 1. The molecule has 0 atom stereocenters. The third-order valence-electron chi connectivity index (χ3n) is 0.728. The van der Waals surface area contributed by atoms with Crippen LogP contribution in [0.3, 0.4) is 0 Å². The van der Waals surface area contributed by atoms with Crippen LogP contribution in [0.1, 0.15) is 0 Å². The number of urea groups is 1. The highest BCUT2D eigenvalue weighted by Gasteiger charge is 2.18. The molecule has 0 radical (unpaired) electrons. The maximum absolute atomic E-state index is 10.2. The SMILES string of the molecule is N=C(N)N(C(N)=O)C(O)O. The van der Waals surface area contributed by atoms with E-state index in [0.29, 0.717) is 0 Å². The lowest BCUT2D eigenvalue weighted by Gasteiger charge is -2.18. The van der Waals surface area contributed by atoms with Gasteiger partial charge in [0.1, 0.15) is 0 Å². The van der Waals surface area contributed by atoms with Crippen molar-refractivity contribution in [2.45, 2.75) is 6.41 Å². The van der Waals surface area contributed by atoms with Crippen molar-refractivity contribution in [3.8, 4) is 0 Å². The van der Waals surface area contributed by atoms with Crippen LogP contribution in [0.4, 0.5) is 4.79 Å². The Morgan fingerprint density at radius 2 is 1.90 bits per heavy atom. The Morgan fingerprint density at radius 1 is 1.50 bits per heavy atom. The molecule has 0 aliphatic carbocycles. The van der Waals surface area contributed by atoms with Gasteiger partial charge in [-0.15, -0.1) is 0 Å². The molecule has 0 aromatic carbocycles. The molecule has 7 nitrogen and oxygen atoms in total. The van der Waals surface area contributed by atoms with Crippen molar-refractivity contribution < 1.29 is 15.0 Å². The van der Waals surface area contributed by atoms with E-state index in [1.165, 1.54) is 0 Å². The van der Waals surface area contributed by atoms with Crippen LogP contribution in [0.2, 0.25) is 0 Å². The third kappa shape index (κ3) is 1.88. The molecule has 0 unspecified atom stereocenters. The molecule has 0 rings (SSSR count). The van der Waals surface area contributed by atoms with Crippen LogP contribution in [0.25, 0.3) is 0 Å². The molecule has 0 aromatic heterocycles. The molecule has 7 heteroatoms. The average molecular weight is 148 g/mol. The molecule has 0 aliphatic rings. The molecule has 0 heterocycles. The number of primary amides is 1. The van der Waals surface area contributed by atoms with Gasteiger partial charge in [-0.3, -0.25) is 5.41 Å². The molecule has 0 fully saturated rings. The van der Waals surface area contributed by atoms with Gasteiger partial charge >= 0.3 is 6.03 Å². The maximum Gasteiger partial charge on any atom is 0.325 e. The minimum absolute atomic E-state index is 0.111. The van der Waals surface area contributed by atoms with Crippen LogP contribution >= 0.6 is 0 Å². The number of amides is 2. The predicted molar refractivity (Wildman–Crippen MR) is 31.6 cm³/mol. The monoisotopic (exact) mass is 148 g/mol. The zero-order valence-corrected chi connectivity index (χ0v) is 4.98. The van der Waals surface area contributed by atoms with E-state index in [2.05, 4.69) is 5.73 Å². The first-order valence-corrected chi connectivity index (χ1v) is 2.25. The van der Waals surface area contributed by atoms with E-state index in [1.54, 1.807) is 0 Å². The van der Waals surface area contributed by atoms with E-state index in [4.69, 9.17) is 21.4 Å². The molecule has 0 spiro atoms. The summed E-state index contributed by atoms with van der Waals surface area (Å²) >= 11 is 0. The summed E-state index contributed by atoms with van der Waals surface area (Å²) in [5.41, 5.74) is 9.31. The van der Waals surface area contributed by atoms with Gasteiger partial charge in [0.25, 0.3) is 0 Å². The zero-order chi connectivity index (χ0) is 8.31. The van der Waals surface area contributed by atoms with Gasteiger partial charge in [0.15, 0.2) is 0 Å². The summed E-state index contributed by atoms with van der Waals surface area (Å²) in [6.45, 7) is 0. The zero-order valence-electron chi connectivity index (χ0n) is 4.98. The summed E-state index contributed by atoms with van der Waals surface area (Å²) in [4.78, 5) is 10.3. The first-order chi connectivity index (χ1) is 4.46. The van der Waals surface area contributed by atoms with E-state index < -0.39 is 18.4 Å². The van der Waals surface area contributed by atoms with Gasteiger partial charge in [0.2, 0.25) is 12.4 Å². The number of carbonyl (C=O) groups excluding carboxylic acids is 1. The fourth-order valence-corrected chi connectivity index (χ4v) is 0.357. The van der Waals surface area contributed by atoms with Crippen molar-refractivity contribution in [2.75, 3.05) is 0 Å². The molecule has 0 saturated heterocycles. The lowest BCUT2D eigenvalue weighted by Crippen LogP contribution is -2.50. The van der Waals surface area contributed by atoms with Gasteiger partial charge in [-0.05, 0) is 0 Å². The van der Waals surface area contributed by atoms with Crippen LogP contribution in [0, 0.1) is 5.41 Å². The minimum Gasteiger partial charge on any atom is -0.369 e. The highest BCUT2D eigenvalue weighted by atomic mass is 16.5. The molecule has 10 heavy (non-hydrogen) atoms. The van der Waals surface area contributed by atoms with Crippen molar-refractivity contribution in [3.05, 3.63) is 0 Å². The topological polar surface area (TPSA) is 137 Å². The predicted octanol–water partition coefficient (Wildman–Crippen LogP) is -2.47. The summed E-state index contributed by atoms with van der Waals surface area (Å²) in [5.74, 6) is -0.817. The summed E-state index contributed by atoms with van der Waals surface area (Å²) < 4.78 is 0. The highest BCUT2D eigenvalue weighted by Crippen LogP contribution is 1.88. The van der Waals surface area contributed by atoms with Crippen LogP contribution in [-0.2, 0) is 0 Å². The number of guanidine groups is 1. The van der Waals surface area contributed by atoms with Gasteiger partial charge in [0, 0.05) is 0 Å². The van der Waals surface area contributed by atoms with Crippen LogP contribution in [-0.4, -0.2) is 33.5 Å². The quantitative estimate of drug-likeness (QED) is 0.160. The molecule has 7 N–H and O–H groups in total. The number of nitrogens with one attached hydrogen (secondary N) is 1. The molecule has 0 bridgehead atoms. The van der Waals surface area contributed by atoms with Crippen molar-refractivity contribution >= 4 is 12.0 Å². The number of aliphatic hydroxyl groups excluding tert-OH is 1. The number of carbonyl (C=O) groups is 1. The van der Waals surface area contributed by atoms with Crippen LogP contribution in [0.5, 0.6) is 0 Å². The highest BCUT2D eigenvalue weighted by molar-refractivity contribution is 5.93. The second-order valence-electron chi connectivity index (χ2n) is 1.44. The smallest absolute Gasteiger partial charge is 0.325 e. The molecule has 0 saturated carbocycles. The standard InChI is InChI=1S/C3H8N4O3/c4-1(5)7(2(6)8)3(9)10/h3,9-10H,(H3,4,5)(H2,6,8). The summed E-state index contributed by atoms with van der Waals surface area (Å²) in [5, 5.41) is 23.2. The van der Waals surface area contributed by atoms with Crippen molar-refractivity contribution in [2.24, 2.45) is 11.5 Å². The summed E-state index contributed by atoms with van der Waals surface area (Å²) in [7, 11) is 0. The molecule has 0 aromatic rings. The number of nitrogens with two attached hydrogens (primary N) is 2. The molecule has 58 valence electrons. The Hall–Kier alpha value is -1.34. The van der Waals surface area contributed by atoms with Crippen molar-refractivity contribution in [3.63, 3.8) is 0 Å².